The molecule has 2 aromatic rings. The van der Waals surface area contributed by atoms with Crippen molar-refractivity contribution < 1.29 is 4.79 Å². The molecule has 3 nitrogen and oxygen atoms in total. The summed E-state index contributed by atoms with van der Waals surface area (Å²) < 4.78 is 0. The van der Waals surface area contributed by atoms with Gasteiger partial charge in [-0.3, -0.25) is 4.79 Å². The van der Waals surface area contributed by atoms with Crippen molar-refractivity contribution in [1.29, 1.82) is 0 Å². The summed E-state index contributed by atoms with van der Waals surface area (Å²) in [7, 11) is 0. The Morgan fingerprint density at radius 1 is 1.29 bits per heavy atom. The second-order valence-corrected chi connectivity index (χ2v) is 6.59. The van der Waals surface area contributed by atoms with Crippen LogP contribution in [0.5, 0.6) is 0 Å². The van der Waals surface area contributed by atoms with Crippen molar-refractivity contribution in [3.63, 3.8) is 0 Å². The minimum atomic E-state index is 0.0211. The number of carbonyl (C=O) groups excluding carboxylic acids is 1. The highest BCUT2D eigenvalue weighted by atomic mass is 32.1. The van der Waals surface area contributed by atoms with Crippen molar-refractivity contribution in [2.24, 2.45) is 11.0 Å². The molecular formula is C17H16N2OS. The zero-order valence-corrected chi connectivity index (χ0v) is 12.6. The Morgan fingerprint density at radius 2 is 2.14 bits per heavy atom. The standard InChI is InChI=1S/C17H16N2OS/c1-11(20)19-17(15-7-4-10-21-15)14-9-8-12-5-2-3-6-13(12)16(14)18-19/h2-7,10,14,17H,8-9H2,1H3/t14-,17+/m0/s1. The smallest absolute Gasteiger partial charge is 0.240 e. The molecule has 1 aliphatic heterocycles. The van der Waals surface area contributed by atoms with Gasteiger partial charge in [0, 0.05) is 23.3 Å². The predicted molar refractivity (Wildman–Crippen MR) is 84.4 cm³/mol. The third-order valence-electron chi connectivity index (χ3n) is 4.39. The molecule has 2 atom stereocenters. The van der Waals surface area contributed by atoms with Gasteiger partial charge in [0.25, 0.3) is 0 Å². The first-order valence-electron chi connectivity index (χ1n) is 7.25. The molecule has 0 bridgehead atoms. The van der Waals surface area contributed by atoms with Crippen LogP contribution in [0.4, 0.5) is 0 Å². The van der Waals surface area contributed by atoms with E-state index in [1.807, 2.05) is 6.07 Å². The van der Waals surface area contributed by atoms with E-state index >= 15 is 0 Å². The van der Waals surface area contributed by atoms with Crippen molar-refractivity contribution in [2.75, 3.05) is 0 Å². The van der Waals surface area contributed by atoms with Crippen LogP contribution in [0.1, 0.15) is 35.4 Å². The van der Waals surface area contributed by atoms with Gasteiger partial charge in [0.1, 0.15) is 0 Å². The first-order valence-corrected chi connectivity index (χ1v) is 8.13. The zero-order valence-electron chi connectivity index (χ0n) is 11.8. The largest absolute Gasteiger partial charge is 0.273 e. The van der Waals surface area contributed by atoms with Crippen LogP contribution in [0.15, 0.2) is 46.9 Å². The fraction of sp³-hybridized carbons (Fsp3) is 0.294. The summed E-state index contributed by atoms with van der Waals surface area (Å²) in [6, 6.07) is 12.7. The van der Waals surface area contributed by atoms with E-state index < -0.39 is 0 Å². The van der Waals surface area contributed by atoms with Crippen molar-refractivity contribution in [1.82, 2.24) is 5.01 Å². The summed E-state index contributed by atoms with van der Waals surface area (Å²) in [5.74, 6) is 0.343. The van der Waals surface area contributed by atoms with Crippen molar-refractivity contribution >= 4 is 23.0 Å². The van der Waals surface area contributed by atoms with Crippen molar-refractivity contribution in [3.05, 3.63) is 57.8 Å². The highest BCUT2D eigenvalue weighted by Crippen LogP contribution is 2.44. The average molecular weight is 296 g/mol. The van der Waals surface area contributed by atoms with E-state index in [1.54, 1.807) is 23.3 Å². The number of amides is 1. The Balaban J connectivity index is 1.83. The van der Waals surface area contributed by atoms with E-state index in [1.165, 1.54) is 16.0 Å². The number of benzene rings is 1. The minimum Gasteiger partial charge on any atom is -0.273 e. The Morgan fingerprint density at radius 3 is 2.90 bits per heavy atom. The van der Waals surface area contributed by atoms with Gasteiger partial charge in [-0.1, -0.05) is 30.3 Å². The number of hydrogen-bond donors (Lipinski definition) is 0. The number of rotatable bonds is 1. The number of fused-ring (bicyclic) bond motifs is 3. The third kappa shape index (κ3) is 1.94. The van der Waals surface area contributed by atoms with Gasteiger partial charge in [0.15, 0.2) is 0 Å². The van der Waals surface area contributed by atoms with Gasteiger partial charge >= 0.3 is 0 Å². The van der Waals surface area contributed by atoms with Crippen LogP contribution >= 0.6 is 11.3 Å². The second-order valence-electron chi connectivity index (χ2n) is 5.61. The summed E-state index contributed by atoms with van der Waals surface area (Å²) in [6.45, 7) is 1.61. The third-order valence-corrected chi connectivity index (χ3v) is 5.33. The van der Waals surface area contributed by atoms with Crippen LogP contribution in [0.25, 0.3) is 0 Å². The van der Waals surface area contributed by atoms with E-state index in [0.29, 0.717) is 5.92 Å². The van der Waals surface area contributed by atoms with Gasteiger partial charge in [-0.15, -0.1) is 11.3 Å². The monoisotopic (exact) mass is 296 g/mol. The van der Waals surface area contributed by atoms with Crippen LogP contribution in [-0.4, -0.2) is 16.6 Å². The van der Waals surface area contributed by atoms with E-state index in [-0.39, 0.29) is 11.9 Å². The molecule has 0 unspecified atom stereocenters. The molecule has 2 aliphatic rings. The molecule has 1 aliphatic carbocycles. The van der Waals surface area contributed by atoms with E-state index in [2.05, 4.69) is 35.7 Å². The molecule has 0 radical (unpaired) electrons. The predicted octanol–water partition coefficient (Wildman–Crippen LogP) is 3.62. The van der Waals surface area contributed by atoms with Gasteiger partial charge in [-0.2, -0.15) is 5.10 Å². The molecule has 1 aromatic carbocycles. The molecule has 4 heteroatoms. The summed E-state index contributed by atoms with van der Waals surface area (Å²) in [4.78, 5) is 13.3. The van der Waals surface area contributed by atoms with E-state index in [9.17, 15) is 4.79 Å². The highest BCUT2D eigenvalue weighted by molar-refractivity contribution is 7.10. The maximum Gasteiger partial charge on any atom is 0.240 e. The molecule has 21 heavy (non-hydrogen) atoms. The number of nitrogens with zero attached hydrogens (tertiary/aromatic N) is 2. The zero-order chi connectivity index (χ0) is 14.4. The van der Waals surface area contributed by atoms with Gasteiger partial charge in [-0.05, 0) is 29.9 Å². The molecule has 1 aromatic heterocycles. The quantitative estimate of drug-likeness (QED) is 0.791. The van der Waals surface area contributed by atoms with Crippen LogP contribution < -0.4 is 0 Å². The van der Waals surface area contributed by atoms with Gasteiger partial charge in [0.05, 0.1) is 11.8 Å². The van der Waals surface area contributed by atoms with Crippen LogP contribution in [0.3, 0.4) is 0 Å². The van der Waals surface area contributed by atoms with Crippen molar-refractivity contribution in [2.45, 2.75) is 25.8 Å². The normalized spacial score (nSPS) is 23.5. The molecule has 106 valence electrons. The molecule has 0 spiro atoms. The summed E-state index contributed by atoms with van der Waals surface area (Å²) >= 11 is 1.71. The van der Waals surface area contributed by atoms with Crippen molar-refractivity contribution in [3.8, 4) is 0 Å². The van der Waals surface area contributed by atoms with Crippen LogP contribution in [0.2, 0.25) is 0 Å². The Labute approximate surface area is 127 Å². The van der Waals surface area contributed by atoms with E-state index in [0.717, 1.165) is 18.6 Å². The number of aryl methyl sites for hydroxylation is 1. The summed E-state index contributed by atoms with van der Waals surface area (Å²) in [5.41, 5.74) is 3.66. The number of hydrazone groups is 1. The van der Waals surface area contributed by atoms with Crippen LogP contribution in [0, 0.1) is 5.92 Å². The number of carbonyl (C=O) groups is 1. The lowest BCUT2D eigenvalue weighted by Gasteiger charge is -2.28. The molecule has 0 saturated heterocycles. The lowest BCUT2D eigenvalue weighted by atomic mass is 9.79. The summed E-state index contributed by atoms with van der Waals surface area (Å²) in [5, 5.41) is 8.46. The first kappa shape index (κ1) is 12.8. The molecule has 0 saturated carbocycles. The maximum absolute atomic E-state index is 12.0. The van der Waals surface area contributed by atoms with Gasteiger partial charge in [0.2, 0.25) is 5.91 Å². The molecule has 0 N–H and O–H groups in total. The highest BCUT2D eigenvalue weighted by Gasteiger charge is 2.43. The number of thiophene rings is 1. The lowest BCUT2D eigenvalue weighted by Crippen LogP contribution is -2.30. The number of hydrogen-bond acceptors (Lipinski definition) is 3. The minimum absolute atomic E-state index is 0.0211. The topological polar surface area (TPSA) is 32.7 Å². The molecular weight excluding hydrogens is 280 g/mol. The molecule has 2 heterocycles. The fourth-order valence-corrected chi connectivity index (χ4v) is 4.34. The molecule has 4 rings (SSSR count). The lowest BCUT2D eigenvalue weighted by molar-refractivity contribution is -0.131. The fourth-order valence-electron chi connectivity index (χ4n) is 3.46. The Kier molecular flexibility index (Phi) is 2.93. The maximum atomic E-state index is 12.0. The second kappa shape index (κ2) is 4.81. The molecule has 1 amide bonds. The average Bonchev–Trinajstić information content (AvgIpc) is 3.13. The van der Waals surface area contributed by atoms with Crippen LogP contribution in [-0.2, 0) is 11.2 Å². The first-order chi connectivity index (χ1) is 10.3. The van der Waals surface area contributed by atoms with Gasteiger partial charge in [-0.25, -0.2) is 5.01 Å². The Bertz CT molecular complexity index is 720. The van der Waals surface area contributed by atoms with E-state index in [4.69, 9.17) is 5.10 Å². The SMILES string of the molecule is CC(=O)N1N=C2c3ccccc3CC[C@@H]2[C@@H]1c1cccs1. The van der Waals surface area contributed by atoms with Gasteiger partial charge < -0.3 is 0 Å². The Hall–Kier alpha value is -1.94. The summed E-state index contributed by atoms with van der Waals surface area (Å²) in [6.07, 6.45) is 2.12. The molecule has 0 fully saturated rings.